The maximum Gasteiger partial charge on any atom is 0.0604 e. The molecular weight excluding hydrogens is 156 g/mol. The van der Waals surface area contributed by atoms with Crippen molar-refractivity contribution in [3.05, 3.63) is 24.4 Å². The quantitative estimate of drug-likeness (QED) is 0.277. The summed E-state index contributed by atoms with van der Waals surface area (Å²) < 4.78 is 0. The van der Waals surface area contributed by atoms with Crippen molar-refractivity contribution < 1.29 is 0 Å². The molecule has 0 aromatic carbocycles. The fraction of sp³-hybridized carbons (Fsp3) is 0.500. The van der Waals surface area contributed by atoms with Gasteiger partial charge in [0.25, 0.3) is 0 Å². The summed E-state index contributed by atoms with van der Waals surface area (Å²) in [5.41, 5.74) is 7.10. The molecule has 0 atom stereocenters. The van der Waals surface area contributed by atoms with E-state index in [0.29, 0.717) is 0 Å². The Balaban J connectivity index is 3.29. The summed E-state index contributed by atoms with van der Waals surface area (Å²) in [7, 11) is 0. The van der Waals surface area contributed by atoms with Crippen LogP contribution in [0.15, 0.2) is 24.4 Å². The Morgan fingerprint density at radius 1 is 1.64 bits per heavy atom. The number of hydrogen-bond acceptors (Lipinski definition) is 3. The highest BCUT2D eigenvalue weighted by molar-refractivity contribution is 7.99. The van der Waals surface area contributed by atoms with E-state index in [-0.39, 0.29) is 0 Å². The number of thioether (sulfide) groups is 1. The monoisotopic (exact) mass is 172 g/mol. The van der Waals surface area contributed by atoms with Crippen molar-refractivity contribution in [2.24, 2.45) is 0 Å². The van der Waals surface area contributed by atoms with E-state index in [1.807, 2.05) is 24.8 Å². The molecule has 2 N–H and O–H groups in total. The fourth-order valence-electron chi connectivity index (χ4n) is 0.532. The highest BCUT2D eigenvalue weighted by Crippen LogP contribution is 1.93. The van der Waals surface area contributed by atoms with Crippen LogP contribution in [0.1, 0.15) is 13.8 Å². The minimum Gasteiger partial charge on any atom is -0.321 e. The zero-order chi connectivity index (χ0) is 8.53. The van der Waals surface area contributed by atoms with Crippen molar-refractivity contribution in [1.29, 1.82) is 0 Å². The van der Waals surface area contributed by atoms with E-state index in [2.05, 4.69) is 24.4 Å². The lowest BCUT2D eigenvalue weighted by Gasteiger charge is -2.06. The third kappa shape index (κ3) is 6.01. The van der Waals surface area contributed by atoms with Crippen molar-refractivity contribution in [2.45, 2.75) is 13.8 Å². The molecule has 64 valence electrons. The SMILES string of the molecule is C=C/C(=C/C)NNCSCC. The molecule has 0 heterocycles. The van der Waals surface area contributed by atoms with E-state index in [0.717, 1.165) is 17.3 Å². The molecule has 0 aromatic heterocycles. The third-order valence-electron chi connectivity index (χ3n) is 1.14. The number of nitrogens with one attached hydrogen (secondary N) is 2. The van der Waals surface area contributed by atoms with Gasteiger partial charge in [-0.1, -0.05) is 19.6 Å². The predicted molar refractivity (Wildman–Crippen MR) is 53.2 cm³/mol. The van der Waals surface area contributed by atoms with Gasteiger partial charge in [0.1, 0.15) is 0 Å². The average molecular weight is 172 g/mol. The Labute approximate surface area is 73.1 Å². The van der Waals surface area contributed by atoms with Crippen LogP contribution in [0.2, 0.25) is 0 Å². The molecule has 11 heavy (non-hydrogen) atoms. The third-order valence-corrected chi connectivity index (χ3v) is 1.90. The smallest absolute Gasteiger partial charge is 0.0604 e. The van der Waals surface area contributed by atoms with Crippen molar-refractivity contribution in [2.75, 3.05) is 11.6 Å². The van der Waals surface area contributed by atoms with Gasteiger partial charge in [-0.25, -0.2) is 5.43 Å². The largest absolute Gasteiger partial charge is 0.321 e. The maximum atomic E-state index is 3.65. The number of hydrogen-bond donors (Lipinski definition) is 2. The Morgan fingerprint density at radius 3 is 2.82 bits per heavy atom. The van der Waals surface area contributed by atoms with E-state index >= 15 is 0 Å². The van der Waals surface area contributed by atoms with E-state index in [1.54, 1.807) is 6.08 Å². The minimum atomic E-state index is 0.918. The molecule has 0 bridgehead atoms. The average Bonchev–Trinajstić information content (AvgIpc) is 2.05. The Morgan fingerprint density at radius 2 is 2.36 bits per heavy atom. The summed E-state index contributed by atoms with van der Waals surface area (Å²) in [6.07, 6.45) is 3.75. The lowest BCUT2D eigenvalue weighted by atomic mass is 10.4. The highest BCUT2D eigenvalue weighted by Gasteiger charge is 1.85. The molecule has 0 spiro atoms. The molecule has 2 nitrogen and oxygen atoms in total. The van der Waals surface area contributed by atoms with Crippen LogP contribution in [0.3, 0.4) is 0 Å². The van der Waals surface area contributed by atoms with Crippen LogP contribution in [0.25, 0.3) is 0 Å². The summed E-state index contributed by atoms with van der Waals surface area (Å²) in [5, 5.41) is 0. The van der Waals surface area contributed by atoms with Gasteiger partial charge in [-0.2, -0.15) is 0 Å². The van der Waals surface area contributed by atoms with Crippen LogP contribution in [0, 0.1) is 0 Å². The van der Waals surface area contributed by atoms with Crippen LogP contribution in [-0.2, 0) is 0 Å². The zero-order valence-electron chi connectivity index (χ0n) is 7.18. The second kappa shape index (κ2) is 7.69. The molecule has 3 heteroatoms. The molecule has 0 saturated heterocycles. The molecular formula is C8H16N2S. The second-order valence-electron chi connectivity index (χ2n) is 1.89. The molecule has 0 saturated carbocycles. The van der Waals surface area contributed by atoms with E-state index in [9.17, 15) is 0 Å². The van der Waals surface area contributed by atoms with Crippen molar-refractivity contribution in [1.82, 2.24) is 10.9 Å². The first-order valence-electron chi connectivity index (χ1n) is 3.70. The molecule has 0 aliphatic rings. The minimum absolute atomic E-state index is 0.918. The summed E-state index contributed by atoms with van der Waals surface area (Å²) in [6, 6.07) is 0. The Kier molecular flexibility index (Phi) is 7.41. The molecule has 0 aliphatic heterocycles. The molecule has 0 fully saturated rings. The lowest BCUT2D eigenvalue weighted by Crippen LogP contribution is -2.29. The lowest BCUT2D eigenvalue weighted by molar-refractivity contribution is 0.687. The van der Waals surface area contributed by atoms with Gasteiger partial charge < -0.3 is 5.43 Å². The van der Waals surface area contributed by atoms with Gasteiger partial charge >= 0.3 is 0 Å². The molecule has 0 aromatic rings. The van der Waals surface area contributed by atoms with Gasteiger partial charge in [-0.05, 0) is 18.8 Å². The van der Waals surface area contributed by atoms with E-state index in [4.69, 9.17) is 0 Å². The Hall–Kier alpha value is -0.410. The predicted octanol–water partition coefficient (Wildman–Crippen LogP) is 1.88. The maximum absolute atomic E-state index is 3.65. The van der Waals surface area contributed by atoms with Crippen LogP contribution in [0.5, 0.6) is 0 Å². The van der Waals surface area contributed by atoms with Crippen molar-refractivity contribution in [3.8, 4) is 0 Å². The van der Waals surface area contributed by atoms with E-state index in [1.165, 1.54) is 0 Å². The number of allylic oxidation sites excluding steroid dienone is 2. The molecule has 0 amide bonds. The topological polar surface area (TPSA) is 24.1 Å². The zero-order valence-corrected chi connectivity index (χ0v) is 8.00. The summed E-state index contributed by atoms with van der Waals surface area (Å²) in [5.74, 6) is 2.05. The van der Waals surface area contributed by atoms with Gasteiger partial charge in [-0.15, -0.1) is 11.8 Å². The fourth-order valence-corrected chi connectivity index (χ4v) is 0.911. The van der Waals surface area contributed by atoms with Crippen LogP contribution in [0.4, 0.5) is 0 Å². The molecule has 0 rings (SSSR count). The molecule has 0 unspecified atom stereocenters. The summed E-state index contributed by atoms with van der Waals surface area (Å²) in [6.45, 7) is 7.76. The molecule has 0 aliphatic carbocycles. The molecule has 0 radical (unpaired) electrons. The van der Waals surface area contributed by atoms with Gasteiger partial charge in [0.05, 0.1) is 5.88 Å². The van der Waals surface area contributed by atoms with Crippen LogP contribution >= 0.6 is 11.8 Å². The Bertz CT molecular complexity index is 132. The number of rotatable bonds is 6. The van der Waals surface area contributed by atoms with Crippen LogP contribution < -0.4 is 10.9 Å². The normalized spacial score (nSPS) is 11.3. The van der Waals surface area contributed by atoms with Gasteiger partial charge in [0.2, 0.25) is 0 Å². The van der Waals surface area contributed by atoms with Gasteiger partial charge in [0.15, 0.2) is 0 Å². The van der Waals surface area contributed by atoms with Gasteiger partial charge in [-0.3, -0.25) is 0 Å². The van der Waals surface area contributed by atoms with Crippen LogP contribution in [-0.4, -0.2) is 11.6 Å². The van der Waals surface area contributed by atoms with E-state index < -0.39 is 0 Å². The second-order valence-corrected chi connectivity index (χ2v) is 3.16. The summed E-state index contributed by atoms with van der Waals surface area (Å²) >= 11 is 1.84. The van der Waals surface area contributed by atoms with Crippen molar-refractivity contribution >= 4 is 11.8 Å². The number of hydrazine groups is 1. The standard InChI is InChI=1S/C8H16N2S/c1-4-8(5-2)10-9-7-11-6-3/h4-5,9-10H,1,6-7H2,2-3H3/b8-5-. The van der Waals surface area contributed by atoms with Gasteiger partial charge in [0, 0.05) is 5.70 Å². The first-order valence-corrected chi connectivity index (χ1v) is 4.86. The summed E-state index contributed by atoms with van der Waals surface area (Å²) in [4.78, 5) is 0. The first-order chi connectivity index (χ1) is 5.35. The highest BCUT2D eigenvalue weighted by atomic mass is 32.2. The van der Waals surface area contributed by atoms with Crippen molar-refractivity contribution in [3.63, 3.8) is 0 Å². The first kappa shape index (κ1) is 10.6.